The third-order valence-electron chi connectivity index (χ3n) is 4.12. The summed E-state index contributed by atoms with van der Waals surface area (Å²) in [5, 5.41) is 8.45. The summed E-state index contributed by atoms with van der Waals surface area (Å²) in [5.74, 6) is -0.206. The van der Waals surface area contributed by atoms with Gasteiger partial charge in [0, 0.05) is 12.0 Å². The molecule has 0 atom stereocenters. The Kier molecular flexibility index (Phi) is 6.53. The van der Waals surface area contributed by atoms with Crippen LogP contribution in [0.1, 0.15) is 48.7 Å². The Morgan fingerprint density at radius 1 is 1.40 bits per heavy atom. The highest BCUT2D eigenvalue weighted by molar-refractivity contribution is 7.98. The van der Waals surface area contributed by atoms with Crippen molar-refractivity contribution in [3.05, 3.63) is 27.7 Å². The molecule has 0 bridgehead atoms. The van der Waals surface area contributed by atoms with Crippen molar-refractivity contribution in [3.8, 4) is 0 Å². The van der Waals surface area contributed by atoms with E-state index in [2.05, 4.69) is 15.4 Å². The lowest BCUT2D eigenvalue weighted by molar-refractivity contribution is 0.0376. The van der Waals surface area contributed by atoms with Crippen LogP contribution in [0.5, 0.6) is 0 Å². The minimum atomic E-state index is -0.456. The molecule has 0 spiro atoms. The molecule has 0 radical (unpaired) electrons. The number of thioether (sulfide) groups is 1. The van der Waals surface area contributed by atoms with Crippen molar-refractivity contribution in [3.63, 3.8) is 0 Å². The van der Waals surface area contributed by atoms with Crippen LogP contribution in [-0.4, -0.2) is 46.0 Å². The number of rotatable bonds is 4. The maximum absolute atomic E-state index is 12.5. The fourth-order valence-electron chi connectivity index (χ4n) is 3.06. The maximum atomic E-state index is 12.5. The Balaban J connectivity index is 0.00000225. The van der Waals surface area contributed by atoms with E-state index >= 15 is 0 Å². The molecule has 0 amide bonds. The lowest BCUT2D eigenvalue weighted by Crippen LogP contribution is -2.28. The van der Waals surface area contributed by atoms with Gasteiger partial charge in [-0.1, -0.05) is 0 Å². The number of nitrogens with zero attached hydrogens (tertiary/aromatic N) is 2. The van der Waals surface area contributed by atoms with Crippen LogP contribution >= 0.6 is 24.2 Å². The largest absolute Gasteiger partial charge is 0.459 e. The number of piperidine rings is 1. The second kappa shape index (κ2) is 8.25. The van der Waals surface area contributed by atoms with Crippen molar-refractivity contribution in [2.45, 2.75) is 43.7 Å². The van der Waals surface area contributed by atoms with Crippen LogP contribution in [0.2, 0.25) is 0 Å². The van der Waals surface area contributed by atoms with Crippen LogP contribution in [0.4, 0.5) is 0 Å². The molecule has 0 aromatic carbocycles. The second-order valence-corrected chi connectivity index (χ2v) is 6.98. The van der Waals surface area contributed by atoms with Crippen molar-refractivity contribution in [1.29, 1.82) is 0 Å². The van der Waals surface area contributed by atoms with Gasteiger partial charge in [0.05, 0.1) is 11.8 Å². The van der Waals surface area contributed by atoms with Crippen LogP contribution in [0, 0.1) is 0 Å². The molecule has 1 saturated heterocycles. The van der Waals surface area contributed by atoms with Crippen LogP contribution in [0.15, 0.2) is 15.9 Å². The number of carbonyl (C=O) groups is 1. The van der Waals surface area contributed by atoms with E-state index in [4.69, 9.17) is 4.74 Å². The van der Waals surface area contributed by atoms with Gasteiger partial charge in [-0.15, -0.1) is 24.2 Å². The summed E-state index contributed by atoms with van der Waals surface area (Å²) in [5.41, 5.74) is 1.39. The minimum Gasteiger partial charge on any atom is -0.459 e. The summed E-state index contributed by atoms with van der Waals surface area (Å²) in [6.07, 6.45) is 3.51. The molecule has 1 aliphatic rings. The highest BCUT2D eigenvalue weighted by atomic mass is 35.5. The molecule has 138 valence electrons. The summed E-state index contributed by atoms with van der Waals surface area (Å²) in [7, 11) is 0. The lowest BCUT2D eigenvalue weighted by atomic mass is 9.94. The number of hydrogen-bond donors (Lipinski definition) is 2. The van der Waals surface area contributed by atoms with Gasteiger partial charge in [-0.2, -0.15) is 5.10 Å². The highest BCUT2D eigenvalue weighted by Crippen LogP contribution is 2.29. The van der Waals surface area contributed by atoms with Crippen LogP contribution < -0.4 is 10.9 Å². The summed E-state index contributed by atoms with van der Waals surface area (Å²) < 4.78 is 7.04. The Labute approximate surface area is 156 Å². The van der Waals surface area contributed by atoms with E-state index in [0.29, 0.717) is 16.2 Å². The van der Waals surface area contributed by atoms with Gasteiger partial charge >= 0.3 is 5.97 Å². The molecular weight excluding hydrogens is 364 g/mol. The normalized spacial score (nSPS) is 15.4. The number of halogens is 1. The van der Waals surface area contributed by atoms with E-state index in [0.717, 1.165) is 31.6 Å². The lowest BCUT2D eigenvalue weighted by Gasteiger charge is -2.23. The Bertz CT molecular complexity index is 812. The standard InChI is InChI=1S/C16H22N4O3S.ClH/c1-9(2)23-16(22)13-14-18-12(21)8-11(10-4-6-17-7-5-10)20(14)19-15(13)24-3;/h8-10,17H,4-7H2,1-3H3,(H,18,21);1H. The zero-order valence-corrected chi connectivity index (χ0v) is 16.1. The van der Waals surface area contributed by atoms with Crippen molar-refractivity contribution in [1.82, 2.24) is 19.9 Å². The van der Waals surface area contributed by atoms with Gasteiger partial charge in [-0.05, 0) is 46.0 Å². The number of fused-ring (bicyclic) bond motifs is 1. The van der Waals surface area contributed by atoms with Crippen molar-refractivity contribution in [2.24, 2.45) is 0 Å². The van der Waals surface area contributed by atoms with Gasteiger partial charge in [0.1, 0.15) is 10.6 Å². The molecule has 0 aliphatic carbocycles. The molecule has 3 heterocycles. The van der Waals surface area contributed by atoms with Crippen molar-refractivity contribution in [2.75, 3.05) is 19.3 Å². The van der Waals surface area contributed by atoms with Crippen LogP contribution in [0.25, 0.3) is 5.65 Å². The number of esters is 1. The molecule has 2 aromatic heterocycles. The number of H-pyrrole nitrogens is 1. The van der Waals surface area contributed by atoms with Gasteiger partial charge in [0.15, 0.2) is 5.65 Å². The predicted octanol–water partition coefficient (Wildman–Crippen LogP) is 2.20. The van der Waals surface area contributed by atoms with Gasteiger partial charge in [-0.25, -0.2) is 9.31 Å². The average molecular weight is 387 g/mol. The Morgan fingerprint density at radius 2 is 2.08 bits per heavy atom. The van der Waals surface area contributed by atoms with E-state index in [1.807, 2.05) is 6.26 Å². The van der Waals surface area contributed by atoms with E-state index in [1.54, 1.807) is 24.4 Å². The fourth-order valence-corrected chi connectivity index (χ4v) is 3.60. The molecule has 1 fully saturated rings. The quantitative estimate of drug-likeness (QED) is 0.618. The number of nitrogens with one attached hydrogen (secondary N) is 2. The molecule has 2 N–H and O–H groups in total. The van der Waals surface area contributed by atoms with Gasteiger partial charge < -0.3 is 15.0 Å². The van der Waals surface area contributed by atoms with Crippen LogP contribution in [-0.2, 0) is 4.74 Å². The first-order valence-electron chi connectivity index (χ1n) is 8.13. The van der Waals surface area contributed by atoms with Crippen molar-refractivity contribution < 1.29 is 9.53 Å². The Morgan fingerprint density at radius 3 is 2.68 bits per heavy atom. The molecule has 25 heavy (non-hydrogen) atoms. The molecular formula is C16H23ClN4O3S. The summed E-state index contributed by atoms with van der Waals surface area (Å²) >= 11 is 1.37. The van der Waals surface area contributed by atoms with E-state index in [1.165, 1.54) is 11.8 Å². The van der Waals surface area contributed by atoms with E-state index in [9.17, 15) is 9.59 Å². The molecule has 0 saturated carbocycles. The monoisotopic (exact) mass is 386 g/mol. The number of ether oxygens (including phenoxy) is 1. The molecule has 0 unspecified atom stereocenters. The zero-order valence-electron chi connectivity index (χ0n) is 14.5. The maximum Gasteiger partial charge on any atom is 0.345 e. The Hall–Kier alpha value is -1.51. The van der Waals surface area contributed by atoms with E-state index in [-0.39, 0.29) is 30.0 Å². The number of carbonyl (C=O) groups excluding carboxylic acids is 1. The number of aromatic nitrogens is 3. The third-order valence-corrected chi connectivity index (χ3v) is 4.79. The fraction of sp³-hybridized carbons (Fsp3) is 0.562. The average Bonchev–Trinajstić information content (AvgIpc) is 2.92. The first-order chi connectivity index (χ1) is 11.5. The molecule has 1 aliphatic heterocycles. The zero-order chi connectivity index (χ0) is 17.3. The van der Waals surface area contributed by atoms with Gasteiger partial charge in [-0.3, -0.25) is 4.79 Å². The first-order valence-corrected chi connectivity index (χ1v) is 9.35. The topological polar surface area (TPSA) is 88.5 Å². The number of hydrogen-bond acceptors (Lipinski definition) is 6. The SMILES string of the molecule is CSc1nn2c(C3CCNCC3)cc(=O)[nH]c2c1C(=O)OC(C)C.Cl. The first kappa shape index (κ1) is 19.8. The minimum absolute atomic E-state index is 0. The van der Waals surface area contributed by atoms with E-state index < -0.39 is 5.97 Å². The molecule has 7 nitrogen and oxygen atoms in total. The summed E-state index contributed by atoms with van der Waals surface area (Å²) in [4.78, 5) is 27.4. The second-order valence-electron chi connectivity index (χ2n) is 6.18. The van der Waals surface area contributed by atoms with Crippen LogP contribution in [0.3, 0.4) is 0 Å². The molecule has 2 aromatic rings. The smallest absolute Gasteiger partial charge is 0.345 e. The highest BCUT2D eigenvalue weighted by Gasteiger charge is 2.26. The summed E-state index contributed by atoms with van der Waals surface area (Å²) in [6, 6.07) is 1.59. The van der Waals surface area contributed by atoms with Gasteiger partial charge in [0.25, 0.3) is 5.56 Å². The van der Waals surface area contributed by atoms with Gasteiger partial charge in [0.2, 0.25) is 0 Å². The predicted molar refractivity (Wildman–Crippen MR) is 100 cm³/mol. The third kappa shape index (κ3) is 4.02. The summed E-state index contributed by atoms with van der Waals surface area (Å²) in [6.45, 7) is 5.42. The molecule has 9 heteroatoms. The van der Waals surface area contributed by atoms with Crippen molar-refractivity contribution >= 4 is 35.8 Å². The molecule has 3 rings (SSSR count). The number of aromatic amines is 1.